The quantitative estimate of drug-likeness (QED) is 0.486. The Labute approximate surface area is 173 Å². The topological polar surface area (TPSA) is 80.2 Å². The third kappa shape index (κ3) is 3.78. The number of hydrogen-bond donors (Lipinski definition) is 2. The first-order chi connectivity index (χ1) is 14.5. The Kier molecular flexibility index (Phi) is 5.27. The predicted molar refractivity (Wildman–Crippen MR) is 112 cm³/mol. The number of methoxy groups -OCH3 is 1. The molecule has 0 bridgehead atoms. The van der Waals surface area contributed by atoms with Crippen LogP contribution in [0.2, 0.25) is 0 Å². The van der Waals surface area contributed by atoms with Crippen molar-refractivity contribution in [1.29, 1.82) is 0 Å². The number of carbonyl (C=O) groups excluding carboxylic acids is 1. The fraction of sp³-hybridized carbons (Fsp3) is 0.217. The van der Waals surface area contributed by atoms with E-state index < -0.39 is 5.92 Å². The Morgan fingerprint density at radius 3 is 2.83 bits per heavy atom. The number of rotatable bonds is 6. The lowest BCUT2D eigenvalue weighted by atomic mass is 9.93. The Hall–Kier alpha value is -3.61. The number of amides is 1. The van der Waals surface area contributed by atoms with Gasteiger partial charge in [0.05, 0.1) is 31.0 Å². The van der Waals surface area contributed by atoms with Gasteiger partial charge in [0.15, 0.2) is 5.76 Å². The molecular weight excluding hydrogens is 385 g/mol. The van der Waals surface area contributed by atoms with Gasteiger partial charge in [-0.25, -0.2) is 4.39 Å². The van der Waals surface area contributed by atoms with E-state index in [4.69, 9.17) is 9.26 Å². The highest BCUT2D eigenvalue weighted by atomic mass is 19.1. The summed E-state index contributed by atoms with van der Waals surface area (Å²) in [6.07, 6.45) is 0. The number of hydrogen-bond acceptors (Lipinski definition) is 4. The number of fused-ring (bicyclic) bond motifs is 1. The zero-order valence-corrected chi connectivity index (χ0v) is 17.0. The van der Waals surface area contributed by atoms with Crippen molar-refractivity contribution in [3.05, 3.63) is 71.4 Å². The van der Waals surface area contributed by atoms with Crippen LogP contribution >= 0.6 is 0 Å². The van der Waals surface area contributed by atoms with Gasteiger partial charge in [0.2, 0.25) is 5.91 Å². The van der Waals surface area contributed by atoms with Crippen molar-refractivity contribution in [1.82, 2.24) is 15.5 Å². The van der Waals surface area contributed by atoms with Crippen LogP contribution in [0.25, 0.3) is 22.2 Å². The highest BCUT2D eigenvalue weighted by Gasteiger charge is 2.24. The van der Waals surface area contributed by atoms with Gasteiger partial charge in [0.25, 0.3) is 0 Å². The van der Waals surface area contributed by atoms with Gasteiger partial charge in [-0.3, -0.25) is 4.79 Å². The minimum atomic E-state index is -0.536. The summed E-state index contributed by atoms with van der Waals surface area (Å²) < 4.78 is 24.5. The van der Waals surface area contributed by atoms with Crippen LogP contribution < -0.4 is 10.1 Å². The second kappa shape index (κ2) is 8.02. The van der Waals surface area contributed by atoms with Crippen molar-refractivity contribution >= 4 is 16.8 Å². The average Bonchev–Trinajstić information content (AvgIpc) is 3.34. The number of aryl methyl sites for hydroxylation is 1. The molecule has 4 aromatic rings. The van der Waals surface area contributed by atoms with Crippen molar-refractivity contribution in [2.75, 3.05) is 7.11 Å². The molecule has 7 heteroatoms. The number of ether oxygens (including phenoxy) is 1. The minimum absolute atomic E-state index is 0.196. The minimum Gasteiger partial charge on any atom is -0.497 e. The van der Waals surface area contributed by atoms with Crippen LogP contribution in [0.4, 0.5) is 4.39 Å². The summed E-state index contributed by atoms with van der Waals surface area (Å²) in [7, 11) is 1.60. The molecule has 4 rings (SSSR count). The summed E-state index contributed by atoms with van der Waals surface area (Å²) in [6.45, 7) is 3.85. The number of nitrogens with one attached hydrogen (secondary N) is 2. The van der Waals surface area contributed by atoms with E-state index in [2.05, 4.69) is 15.5 Å². The molecule has 2 heterocycles. The number of nitrogens with zero attached hydrogens (tertiary/aromatic N) is 1. The van der Waals surface area contributed by atoms with Crippen LogP contribution in [0, 0.1) is 12.7 Å². The van der Waals surface area contributed by atoms with Crippen molar-refractivity contribution in [3.63, 3.8) is 0 Å². The van der Waals surface area contributed by atoms with Crippen LogP contribution in [-0.2, 0) is 11.3 Å². The van der Waals surface area contributed by atoms with Gasteiger partial charge in [-0.1, -0.05) is 17.3 Å². The number of carbonyl (C=O) groups is 1. The molecule has 1 atom stereocenters. The van der Waals surface area contributed by atoms with Crippen LogP contribution in [-0.4, -0.2) is 23.2 Å². The number of aromatic amines is 1. The van der Waals surface area contributed by atoms with Gasteiger partial charge in [0.1, 0.15) is 11.6 Å². The molecule has 2 N–H and O–H groups in total. The molecule has 154 valence electrons. The van der Waals surface area contributed by atoms with E-state index in [0.717, 1.165) is 28.0 Å². The molecular formula is C23H22FN3O3. The summed E-state index contributed by atoms with van der Waals surface area (Å²) >= 11 is 0. The molecule has 2 aromatic carbocycles. The average molecular weight is 407 g/mol. The van der Waals surface area contributed by atoms with Crippen LogP contribution in [0.3, 0.4) is 0 Å². The monoisotopic (exact) mass is 407 g/mol. The Morgan fingerprint density at radius 1 is 1.27 bits per heavy atom. The first-order valence-corrected chi connectivity index (χ1v) is 9.61. The van der Waals surface area contributed by atoms with Gasteiger partial charge in [0, 0.05) is 22.5 Å². The summed E-state index contributed by atoms with van der Waals surface area (Å²) in [4.78, 5) is 16.3. The highest BCUT2D eigenvalue weighted by molar-refractivity contribution is 5.97. The SMILES string of the molecule is COc1cccc(-c2[nH]c3ccc(F)cc3c2C(C)C(=O)NCc2cc(C)no2)c1. The summed E-state index contributed by atoms with van der Waals surface area (Å²) in [5.41, 5.74) is 3.84. The molecule has 0 radical (unpaired) electrons. The lowest BCUT2D eigenvalue weighted by Crippen LogP contribution is -2.27. The first kappa shape index (κ1) is 19.7. The smallest absolute Gasteiger partial charge is 0.227 e. The van der Waals surface area contributed by atoms with Gasteiger partial charge >= 0.3 is 0 Å². The second-order valence-corrected chi connectivity index (χ2v) is 7.21. The molecule has 0 fully saturated rings. The molecule has 0 saturated heterocycles. The number of H-pyrrole nitrogens is 1. The van der Waals surface area contributed by atoms with Gasteiger partial charge in [-0.05, 0) is 49.7 Å². The van der Waals surface area contributed by atoms with Crippen molar-refractivity contribution in [2.24, 2.45) is 0 Å². The molecule has 0 aliphatic heterocycles. The van der Waals surface area contributed by atoms with E-state index in [9.17, 15) is 9.18 Å². The van der Waals surface area contributed by atoms with Crippen LogP contribution in [0.1, 0.15) is 29.9 Å². The van der Waals surface area contributed by atoms with E-state index in [1.165, 1.54) is 12.1 Å². The highest BCUT2D eigenvalue weighted by Crippen LogP contribution is 2.37. The van der Waals surface area contributed by atoms with Crippen molar-refractivity contribution < 1.29 is 18.4 Å². The fourth-order valence-electron chi connectivity index (χ4n) is 3.60. The summed E-state index contributed by atoms with van der Waals surface area (Å²) in [5, 5.41) is 7.37. The third-order valence-corrected chi connectivity index (χ3v) is 5.10. The van der Waals surface area contributed by atoms with E-state index >= 15 is 0 Å². The molecule has 30 heavy (non-hydrogen) atoms. The summed E-state index contributed by atoms with van der Waals surface area (Å²) in [5.74, 6) is 0.181. The van der Waals surface area contributed by atoms with Gasteiger partial charge in [-0.15, -0.1) is 0 Å². The van der Waals surface area contributed by atoms with Crippen molar-refractivity contribution in [2.45, 2.75) is 26.3 Å². The lowest BCUT2D eigenvalue weighted by Gasteiger charge is -2.14. The third-order valence-electron chi connectivity index (χ3n) is 5.10. The standard InChI is InChI=1S/C23H22FN3O3/c1-13-9-18(30-27-13)12-25-23(28)14(2)21-19-11-16(24)7-8-20(19)26-22(21)15-5-4-6-17(10-15)29-3/h4-11,14,26H,12H2,1-3H3,(H,25,28). The molecule has 1 unspecified atom stereocenters. The molecule has 0 spiro atoms. The first-order valence-electron chi connectivity index (χ1n) is 9.61. The maximum atomic E-state index is 14.0. The summed E-state index contributed by atoms with van der Waals surface area (Å²) in [6, 6.07) is 13.8. The normalized spacial score (nSPS) is 12.1. The molecule has 2 aromatic heterocycles. The zero-order chi connectivity index (χ0) is 21.3. The molecule has 6 nitrogen and oxygen atoms in total. The maximum absolute atomic E-state index is 14.0. The van der Waals surface area contributed by atoms with Gasteiger partial charge < -0.3 is 19.6 Å². The largest absolute Gasteiger partial charge is 0.497 e. The van der Waals surface area contributed by atoms with E-state index in [-0.39, 0.29) is 18.3 Å². The second-order valence-electron chi connectivity index (χ2n) is 7.21. The predicted octanol–water partition coefficient (Wildman–Crippen LogP) is 4.70. The maximum Gasteiger partial charge on any atom is 0.227 e. The lowest BCUT2D eigenvalue weighted by molar-refractivity contribution is -0.122. The molecule has 0 aliphatic rings. The molecule has 0 aliphatic carbocycles. The van der Waals surface area contributed by atoms with E-state index in [1.54, 1.807) is 26.2 Å². The Bertz CT molecular complexity index is 1210. The number of halogens is 1. The van der Waals surface area contributed by atoms with Crippen LogP contribution in [0.5, 0.6) is 5.75 Å². The Morgan fingerprint density at radius 2 is 2.10 bits per heavy atom. The van der Waals surface area contributed by atoms with E-state index in [1.807, 2.05) is 31.2 Å². The fourth-order valence-corrected chi connectivity index (χ4v) is 3.60. The van der Waals surface area contributed by atoms with Gasteiger partial charge in [-0.2, -0.15) is 0 Å². The molecule has 1 amide bonds. The van der Waals surface area contributed by atoms with Crippen LogP contribution in [0.15, 0.2) is 53.1 Å². The Balaban J connectivity index is 1.73. The molecule has 0 saturated carbocycles. The van der Waals surface area contributed by atoms with E-state index in [0.29, 0.717) is 16.9 Å². The number of benzene rings is 2. The number of aromatic nitrogens is 2. The van der Waals surface area contributed by atoms with Crippen molar-refractivity contribution in [3.8, 4) is 17.0 Å². The zero-order valence-electron chi connectivity index (χ0n) is 17.0.